The van der Waals surface area contributed by atoms with Crippen LogP contribution in [0.4, 0.5) is 5.69 Å². The quantitative estimate of drug-likeness (QED) is 0.199. The molecule has 0 atom stereocenters. The smallest absolute Gasteiger partial charge is 0.193 e. The molecule has 1 heterocycles. The van der Waals surface area contributed by atoms with Gasteiger partial charge in [-0.25, -0.2) is 8.42 Å². The molecule has 0 unspecified atom stereocenters. The zero-order valence-electron chi connectivity index (χ0n) is 23.9. The number of aryl methyl sites for hydroxylation is 1. The van der Waals surface area contributed by atoms with Gasteiger partial charge in [0.1, 0.15) is 4.75 Å². The second-order valence-electron chi connectivity index (χ2n) is 10.8. The molecular formula is C34H33NO5S2. The van der Waals surface area contributed by atoms with Crippen LogP contribution in [0.2, 0.25) is 0 Å². The summed E-state index contributed by atoms with van der Waals surface area (Å²) < 4.78 is 30.3. The van der Waals surface area contributed by atoms with E-state index in [0.29, 0.717) is 29.9 Å². The van der Waals surface area contributed by atoms with Gasteiger partial charge >= 0.3 is 0 Å². The van der Waals surface area contributed by atoms with E-state index in [1.165, 1.54) is 25.6 Å². The third-order valence-electron chi connectivity index (χ3n) is 7.52. The maximum Gasteiger partial charge on any atom is 0.193 e. The number of ether oxygens (including phenoxy) is 1. The Kier molecular flexibility index (Phi) is 8.68. The van der Waals surface area contributed by atoms with Gasteiger partial charge in [0.05, 0.1) is 18.1 Å². The zero-order valence-corrected chi connectivity index (χ0v) is 25.5. The van der Waals surface area contributed by atoms with Crippen molar-refractivity contribution in [3.63, 3.8) is 0 Å². The van der Waals surface area contributed by atoms with Crippen molar-refractivity contribution >= 4 is 38.9 Å². The summed E-state index contributed by atoms with van der Waals surface area (Å²) in [5.74, 6) is -0.494. The van der Waals surface area contributed by atoms with Crippen LogP contribution in [0.3, 0.4) is 0 Å². The molecule has 0 aliphatic carbocycles. The molecule has 0 N–H and O–H groups in total. The fraction of sp³-hybridized carbons (Fsp3) is 0.235. The van der Waals surface area contributed by atoms with Gasteiger partial charge in [0.2, 0.25) is 0 Å². The molecule has 4 aromatic carbocycles. The highest BCUT2D eigenvalue weighted by atomic mass is 32.2. The van der Waals surface area contributed by atoms with Gasteiger partial charge in [-0.05, 0) is 93.6 Å². The predicted molar refractivity (Wildman–Crippen MR) is 167 cm³/mol. The molecule has 5 rings (SSSR count). The molecule has 0 amide bonds. The summed E-state index contributed by atoms with van der Waals surface area (Å²) in [5.41, 5.74) is 3.62. The number of ketones is 2. The van der Waals surface area contributed by atoms with E-state index in [4.69, 9.17) is 4.74 Å². The summed E-state index contributed by atoms with van der Waals surface area (Å²) in [5, 5.41) is 0. The minimum Gasteiger partial charge on any atom is -0.378 e. The molecule has 1 aliphatic heterocycles. The highest BCUT2D eigenvalue weighted by Crippen LogP contribution is 2.32. The first kappa shape index (κ1) is 29.8. The third kappa shape index (κ3) is 6.21. The van der Waals surface area contributed by atoms with Crippen LogP contribution in [0, 0.1) is 6.92 Å². The van der Waals surface area contributed by atoms with E-state index in [0.717, 1.165) is 34.1 Å². The van der Waals surface area contributed by atoms with Gasteiger partial charge in [-0.1, -0.05) is 41.6 Å². The van der Waals surface area contributed by atoms with E-state index < -0.39 is 20.4 Å². The monoisotopic (exact) mass is 599 g/mol. The van der Waals surface area contributed by atoms with Crippen molar-refractivity contribution in [3.8, 4) is 0 Å². The molecule has 6 nitrogen and oxygen atoms in total. The van der Waals surface area contributed by atoms with E-state index in [-0.39, 0.29) is 10.7 Å². The molecule has 0 spiro atoms. The largest absolute Gasteiger partial charge is 0.378 e. The van der Waals surface area contributed by atoms with Crippen molar-refractivity contribution in [2.75, 3.05) is 31.2 Å². The summed E-state index contributed by atoms with van der Waals surface area (Å²) in [6.45, 7) is 7.91. The van der Waals surface area contributed by atoms with E-state index in [1.807, 2.05) is 67.6 Å². The Morgan fingerprint density at radius 2 is 1.19 bits per heavy atom. The van der Waals surface area contributed by atoms with Crippen LogP contribution in [0.5, 0.6) is 0 Å². The molecule has 4 aromatic rings. The highest BCUT2D eigenvalue weighted by Gasteiger charge is 2.43. The van der Waals surface area contributed by atoms with Crippen molar-refractivity contribution in [2.24, 2.45) is 0 Å². The highest BCUT2D eigenvalue weighted by molar-refractivity contribution is 7.99. The summed E-state index contributed by atoms with van der Waals surface area (Å²) in [7, 11) is -3.89. The predicted octanol–water partition coefficient (Wildman–Crippen LogP) is 6.65. The van der Waals surface area contributed by atoms with Gasteiger partial charge in [-0.15, -0.1) is 0 Å². The van der Waals surface area contributed by atoms with Crippen molar-refractivity contribution in [1.82, 2.24) is 0 Å². The maximum absolute atomic E-state index is 13.3. The first-order valence-electron chi connectivity index (χ1n) is 13.8. The summed E-state index contributed by atoms with van der Waals surface area (Å²) in [6, 6.07) is 28.6. The maximum atomic E-state index is 13.3. The first-order valence-corrected chi connectivity index (χ1v) is 16.1. The minimum absolute atomic E-state index is 0.0360. The van der Waals surface area contributed by atoms with E-state index in [1.54, 1.807) is 36.4 Å². The SMILES string of the molecule is Cc1ccc(S(=O)(=O)C(C)(C)C(=O)c2ccc(Sc3ccc(C(=O)c4ccc(N5CCOCC5)cc4)cc3)cc2)cc1. The molecule has 1 fully saturated rings. The number of rotatable bonds is 9. The second-order valence-corrected chi connectivity index (χ2v) is 14.4. The number of Topliss-reactive ketones (excluding diaryl/α,β-unsaturated/α-hetero) is 1. The van der Waals surface area contributed by atoms with Gasteiger partial charge in [0, 0.05) is 45.3 Å². The van der Waals surface area contributed by atoms with Crippen LogP contribution in [-0.2, 0) is 14.6 Å². The third-order valence-corrected chi connectivity index (χ3v) is 11.0. The van der Waals surface area contributed by atoms with E-state index >= 15 is 0 Å². The molecule has 1 aliphatic rings. The average Bonchev–Trinajstić information content (AvgIpc) is 3.02. The average molecular weight is 600 g/mol. The summed E-state index contributed by atoms with van der Waals surface area (Å²) >= 11 is 1.50. The van der Waals surface area contributed by atoms with Crippen LogP contribution < -0.4 is 4.90 Å². The fourth-order valence-electron chi connectivity index (χ4n) is 4.78. The van der Waals surface area contributed by atoms with Crippen LogP contribution in [0.1, 0.15) is 45.7 Å². The van der Waals surface area contributed by atoms with Gasteiger partial charge < -0.3 is 9.64 Å². The molecule has 216 valence electrons. The van der Waals surface area contributed by atoms with Crippen LogP contribution in [0.25, 0.3) is 0 Å². The number of carbonyl (C=O) groups excluding carboxylic acids is 2. The van der Waals surface area contributed by atoms with E-state index in [9.17, 15) is 18.0 Å². The molecule has 0 saturated carbocycles. The zero-order chi connectivity index (χ0) is 29.9. The molecule has 8 heteroatoms. The van der Waals surface area contributed by atoms with Crippen LogP contribution in [0.15, 0.2) is 112 Å². The lowest BCUT2D eigenvalue weighted by atomic mass is 10.0. The van der Waals surface area contributed by atoms with Gasteiger partial charge in [0.15, 0.2) is 21.4 Å². The lowest BCUT2D eigenvalue weighted by molar-refractivity contribution is 0.0953. The molecular weight excluding hydrogens is 567 g/mol. The number of benzene rings is 4. The number of morpholine rings is 1. The fourth-order valence-corrected chi connectivity index (χ4v) is 7.04. The molecule has 0 bridgehead atoms. The Balaban J connectivity index is 1.23. The van der Waals surface area contributed by atoms with Crippen molar-refractivity contribution < 1.29 is 22.7 Å². The van der Waals surface area contributed by atoms with Gasteiger partial charge in [-0.3, -0.25) is 9.59 Å². The van der Waals surface area contributed by atoms with Crippen molar-refractivity contribution in [1.29, 1.82) is 0 Å². The first-order chi connectivity index (χ1) is 20.1. The standard InChI is InChI=1S/C34H33NO5S2/c1-24-4-18-31(19-5-24)42(38,39)34(2,3)33(37)27-10-16-30(17-11-27)41-29-14-8-26(9-15-29)32(36)25-6-12-28(13-7-25)35-20-22-40-23-21-35/h4-19H,20-23H2,1-3H3. The minimum atomic E-state index is -3.89. The van der Waals surface area contributed by atoms with Crippen molar-refractivity contribution in [3.05, 3.63) is 119 Å². The Labute approximate surface area is 251 Å². The number of carbonyl (C=O) groups is 2. The molecule has 1 saturated heterocycles. The Morgan fingerprint density at radius 3 is 1.71 bits per heavy atom. The number of hydrogen-bond acceptors (Lipinski definition) is 7. The number of hydrogen-bond donors (Lipinski definition) is 0. The number of nitrogens with zero attached hydrogens (tertiary/aromatic N) is 1. The molecule has 0 aromatic heterocycles. The molecule has 42 heavy (non-hydrogen) atoms. The van der Waals surface area contributed by atoms with E-state index in [2.05, 4.69) is 4.90 Å². The Morgan fingerprint density at radius 1 is 0.714 bits per heavy atom. The van der Waals surface area contributed by atoms with Gasteiger partial charge in [-0.2, -0.15) is 0 Å². The summed E-state index contributed by atoms with van der Waals surface area (Å²) in [4.78, 5) is 30.6. The second kappa shape index (κ2) is 12.3. The normalized spacial score (nSPS) is 14.0. The number of sulfone groups is 1. The summed E-state index contributed by atoms with van der Waals surface area (Å²) in [6.07, 6.45) is 0. The van der Waals surface area contributed by atoms with Gasteiger partial charge in [0.25, 0.3) is 0 Å². The Hall–Kier alpha value is -3.72. The lowest BCUT2D eigenvalue weighted by Gasteiger charge is -2.28. The van der Waals surface area contributed by atoms with Crippen LogP contribution >= 0.6 is 11.8 Å². The van der Waals surface area contributed by atoms with Crippen LogP contribution in [-0.4, -0.2) is 51.0 Å². The Bertz CT molecular complexity index is 1670. The molecule has 0 radical (unpaired) electrons. The van der Waals surface area contributed by atoms with Crippen molar-refractivity contribution in [2.45, 2.75) is 40.2 Å². The number of anilines is 1. The lowest BCUT2D eigenvalue weighted by Crippen LogP contribution is -2.40. The topological polar surface area (TPSA) is 80.8 Å².